The molecule has 4 rings (SSSR count). The predicted molar refractivity (Wildman–Crippen MR) is 114 cm³/mol. The molecule has 2 aromatic carbocycles. The van der Waals surface area contributed by atoms with E-state index in [9.17, 15) is 4.79 Å². The van der Waals surface area contributed by atoms with Crippen molar-refractivity contribution in [3.8, 4) is 10.4 Å². The van der Waals surface area contributed by atoms with Gasteiger partial charge in [0.15, 0.2) is 0 Å². The van der Waals surface area contributed by atoms with Gasteiger partial charge in [0, 0.05) is 27.2 Å². The molecule has 1 unspecified atom stereocenters. The van der Waals surface area contributed by atoms with Crippen LogP contribution in [0.25, 0.3) is 21.3 Å². The highest BCUT2D eigenvalue weighted by atomic mass is 32.1. The first-order chi connectivity index (χ1) is 13.5. The van der Waals surface area contributed by atoms with Crippen LogP contribution in [0, 0.1) is 6.92 Å². The number of aryl methyl sites for hydroxylation is 1. The second-order valence-electron chi connectivity index (χ2n) is 6.92. The third-order valence-electron chi connectivity index (χ3n) is 4.91. The summed E-state index contributed by atoms with van der Waals surface area (Å²) >= 11 is 1.70. The quantitative estimate of drug-likeness (QED) is 0.467. The van der Waals surface area contributed by atoms with E-state index in [-0.39, 0.29) is 11.9 Å². The number of carbonyl (C=O) groups excluding carboxylic acids is 1. The van der Waals surface area contributed by atoms with Crippen LogP contribution < -0.4 is 11.1 Å². The zero-order valence-corrected chi connectivity index (χ0v) is 16.6. The number of fused-ring (bicyclic) bond motifs is 1. The van der Waals surface area contributed by atoms with Gasteiger partial charge in [-0.3, -0.25) is 9.89 Å². The Bertz CT molecular complexity index is 1140. The first kappa shape index (κ1) is 18.4. The summed E-state index contributed by atoms with van der Waals surface area (Å²) in [5, 5.41) is 11.1. The molecule has 6 heteroatoms. The summed E-state index contributed by atoms with van der Waals surface area (Å²) in [6.07, 6.45) is 1.76. The van der Waals surface area contributed by atoms with Crippen molar-refractivity contribution < 1.29 is 4.79 Å². The van der Waals surface area contributed by atoms with E-state index in [4.69, 9.17) is 5.73 Å². The summed E-state index contributed by atoms with van der Waals surface area (Å²) in [5.41, 5.74) is 10.4. The van der Waals surface area contributed by atoms with Crippen molar-refractivity contribution in [3.63, 3.8) is 0 Å². The highest BCUT2D eigenvalue weighted by molar-refractivity contribution is 7.15. The number of H-pyrrole nitrogens is 1. The highest BCUT2D eigenvalue weighted by Gasteiger charge is 2.15. The first-order valence-electron chi connectivity index (χ1n) is 9.19. The zero-order valence-electron chi connectivity index (χ0n) is 15.8. The van der Waals surface area contributed by atoms with Crippen molar-refractivity contribution in [2.24, 2.45) is 5.73 Å². The fourth-order valence-corrected chi connectivity index (χ4v) is 4.19. The number of carbonyl (C=O) groups is 1. The van der Waals surface area contributed by atoms with E-state index in [1.165, 1.54) is 4.88 Å². The third kappa shape index (κ3) is 3.56. The molecule has 0 aliphatic carbocycles. The van der Waals surface area contributed by atoms with E-state index in [1.807, 2.05) is 38.1 Å². The van der Waals surface area contributed by atoms with Gasteiger partial charge >= 0.3 is 0 Å². The van der Waals surface area contributed by atoms with E-state index in [0.717, 1.165) is 32.5 Å². The Morgan fingerprint density at radius 1 is 1.25 bits per heavy atom. The topological polar surface area (TPSA) is 83.8 Å². The molecule has 0 saturated carbocycles. The van der Waals surface area contributed by atoms with Gasteiger partial charge < -0.3 is 11.1 Å². The molecular weight excluding hydrogens is 368 g/mol. The number of aromatic nitrogens is 2. The Kier molecular flexibility index (Phi) is 4.98. The van der Waals surface area contributed by atoms with Crippen molar-refractivity contribution in [2.75, 3.05) is 0 Å². The number of aromatic amines is 1. The molecule has 0 bridgehead atoms. The Balaban J connectivity index is 1.55. The van der Waals surface area contributed by atoms with Gasteiger partial charge in [-0.1, -0.05) is 18.2 Å². The van der Waals surface area contributed by atoms with Crippen LogP contribution in [0.1, 0.15) is 39.3 Å². The van der Waals surface area contributed by atoms with Gasteiger partial charge in [0.2, 0.25) is 0 Å². The molecule has 0 aliphatic heterocycles. The molecule has 5 nitrogen and oxygen atoms in total. The summed E-state index contributed by atoms with van der Waals surface area (Å²) in [6, 6.07) is 16.2. The Morgan fingerprint density at radius 3 is 2.89 bits per heavy atom. The number of hydrogen-bond acceptors (Lipinski definition) is 4. The van der Waals surface area contributed by atoms with Gasteiger partial charge in [-0.25, -0.2) is 0 Å². The van der Waals surface area contributed by atoms with Crippen LogP contribution in [0.4, 0.5) is 0 Å². The molecule has 0 radical (unpaired) electrons. The largest absolute Gasteiger partial charge is 0.346 e. The summed E-state index contributed by atoms with van der Waals surface area (Å²) in [7, 11) is 0. The van der Waals surface area contributed by atoms with Crippen LogP contribution in [0.15, 0.2) is 54.7 Å². The number of nitrogens with zero attached hydrogens (tertiary/aromatic N) is 1. The minimum Gasteiger partial charge on any atom is -0.346 e. The molecule has 0 fully saturated rings. The SMILES string of the molecule is Cc1cc2cn[nH]c2cc1C(=O)NC(C)c1cccc(-c2ccc(CN)s2)c1. The average Bonchev–Trinajstić information content (AvgIpc) is 3.36. The summed E-state index contributed by atoms with van der Waals surface area (Å²) in [6.45, 7) is 4.50. The van der Waals surface area contributed by atoms with Crippen molar-refractivity contribution in [1.82, 2.24) is 15.5 Å². The summed E-state index contributed by atoms with van der Waals surface area (Å²) in [4.78, 5) is 15.2. The molecule has 142 valence electrons. The Hall–Kier alpha value is -2.96. The maximum atomic E-state index is 12.9. The van der Waals surface area contributed by atoms with E-state index in [2.05, 4.69) is 39.8 Å². The molecule has 0 aliphatic rings. The Labute approximate surface area is 167 Å². The number of hydrogen-bond donors (Lipinski definition) is 3. The fraction of sp³-hybridized carbons (Fsp3) is 0.182. The summed E-state index contributed by atoms with van der Waals surface area (Å²) < 4.78 is 0. The molecule has 4 aromatic rings. The molecule has 0 spiro atoms. The lowest BCUT2D eigenvalue weighted by molar-refractivity contribution is 0.0939. The molecule has 0 saturated heterocycles. The highest BCUT2D eigenvalue weighted by Crippen LogP contribution is 2.30. The van der Waals surface area contributed by atoms with Crippen LogP contribution in [-0.2, 0) is 6.54 Å². The third-order valence-corrected chi connectivity index (χ3v) is 6.07. The molecule has 28 heavy (non-hydrogen) atoms. The average molecular weight is 391 g/mol. The van der Waals surface area contributed by atoms with Crippen LogP contribution >= 0.6 is 11.3 Å². The van der Waals surface area contributed by atoms with Crippen molar-refractivity contribution in [2.45, 2.75) is 26.4 Å². The van der Waals surface area contributed by atoms with Crippen molar-refractivity contribution >= 4 is 28.1 Å². The minimum absolute atomic E-state index is 0.0894. The van der Waals surface area contributed by atoms with Gasteiger partial charge in [-0.2, -0.15) is 5.10 Å². The van der Waals surface area contributed by atoms with Crippen LogP contribution in [-0.4, -0.2) is 16.1 Å². The van der Waals surface area contributed by atoms with Gasteiger partial charge in [0.05, 0.1) is 17.8 Å². The maximum Gasteiger partial charge on any atom is 0.252 e. The monoisotopic (exact) mass is 390 g/mol. The molecule has 2 heterocycles. The smallest absolute Gasteiger partial charge is 0.252 e. The zero-order chi connectivity index (χ0) is 19.7. The van der Waals surface area contributed by atoms with Crippen LogP contribution in [0.3, 0.4) is 0 Å². The molecule has 2 aromatic heterocycles. The first-order valence-corrected chi connectivity index (χ1v) is 10.0. The van der Waals surface area contributed by atoms with E-state index in [1.54, 1.807) is 17.5 Å². The number of rotatable bonds is 5. The standard InChI is InChI=1S/C22H22N4OS/c1-13-8-17-12-24-26-20(17)10-19(13)22(27)25-14(2)15-4-3-5-16(9-15)21-7-6-18(11-23)28-21/h3-10,12,14H,11,23H2,1-2H3,(H,24,26)(H,25,27). The van der Waals surface area contributed by atoms with E-state index < -0.39 is 0 Å². The molecule has 4 N–H and O–H groups in total. The molecular formula is C22H22N4OS. The van der Waals surface area contributed by atoms with Gasteiger partial charge in [-0.05, 0) is 60.9 Å². The number of nitrogens with two attached hydrogens (primary N) is 1. The number of thiophene rings is 1. The van der Waals surface area contributed by atoms with Gasteiger partial charge in [0.25, 0.3) is 5.91 Å². The van der Waals surface area contributed by atoms with E-state index in [0.29, 0.717) is 12.1 Å². The van der Waals surface area contributed by atoms with Gasteiger partial charge in [0.1, 0.15) is 0 Å². The Morgan fingerprint density at radius 2 is 2.11 bits per heavy atom. The van der Waals surface area contributed by atoms with E-state index >= 15 is 0 Å². The number of benzene rings is 2. The summed E-state index contributed by atoms with van der Waals surface area (Å²) in [5.74, 6) is -0.0894. The van der Waals surface area contributed by atoms with Gasteiger partial charge in [-0.15, -0.1) is 11.3 Å². The second kappa shape index (κ2) is 7.58. The van der Waals surface area contributed by atoms with Crippen molar-refractivity contribution in [3.05, 3.63) is 76.3 Å². The molecule has 1 atom stereocenters. The minimum atomic E-state index is -0.113. The van der Waals surface area contributed by atoms with Crippen molar-refractivity contribution in [1.29, 1.82) is 0 Å². The fourth-order valence-electron chi connectivity index (χ4n) is 3.31. The second-order valence-corrected chi connectivity index (χ2v) is 8.08. The lowest BCUT2D eigenvalue weighted by Gasteiger charge is -2.16. The lowest BCUT2D eigenvalue weighted by atomic mass is 10.0. The predicted octanol–water partition coefficient (Wildman–Crippen LogP) is 4.55. The van der Waals surface area contributed by atoms with Crippen LogP contribution in [0.2, 0.25) is 0 Å². The van der Waals surface area contributed by atoms with Crippen LogP contribution in [0.5, 0.6) is 0 Å². The number of amides is 1. The lowest BCUT2D eigenvalue weighted by Crippen LogP contribution is -2.27. The normalized spacial score (nSPS) is 12.2. The molecule has 1 amide bonds. The number of nitrogens with one attached hydrogen (secondary N) is 2. The maximum absolute atomic E-state index is 12.9.